The fourth-order valence-corrected chi connectivity index (χ4v) is 3.99. The lowest BCUT2D eigenvalue weighted by Gasteiger charge is -2.49. The molecule has 2 aliphatic rings. The molecule has 1 unspecified atom stereocenters. The average molecular weight is 359 g/mol. The Morgan fingerprint density at radius 2 is 1.92 bits per heavy atom. The van der Waals surface area contributed by atoms with E-state index >= 15 is 0 Å². The molecule has 26 heavy (non-hydrogen) atoms. The highest BCUT2D eigenvalue weighted by atomic mass is 16.5. The number of carbonyl (C=O) groups is 2. The first-order valence-electron chi connectivity index (χ1n) is 9.49. The summed E-state index contributed by atoms with van der Waals surface area (Å²) in [6, 6.07) is 9.43. The number of nitrogens with zero attached hydrogens (tertiary/aromatic N) is 3. The van der Waals surface area contributed by atoms with Gasteiger partial charge in [0.05, 0.1) is 0 Å². The van der Waals surface area contributed by atoms with Crippen molar-refractivity contribution in [1.29, 1.82) is 0 Å². The normalized spacial score (nSPS) is 24.6. The van der Waals surface area contributed by atoms with Crippen LogP contribution in [0.2, 0.25) is 0 Å². The summed E-state index contributed by atoms with van der Waals surface area (Å²) in [5.41, 5.74) is -0.111. The zero-order valence-corrected chi connectivity index (χ0v) is 15.8. The van der Waals surface area contributed by atoms with Crippen LogP contribution in [0, 0.1) is 0 Å². The number of para-hydroxylation sites is 1. The van der Waals surface area contributed by atoms with Crippen molar-refractivity contribution < 1.29 is 14.3 Å². The third-order valence-electron chi connectivity index (χ3n) is 5.84. The smallest absolute Gasteiger partial charge is 0.260 e. The second kappa shape index (κ2) is 8.08. The van der Waals surface area contributed by atoms with Gasteiger partial charge in [-0.05, 0) is 38.9 Å². The monoisotopic (exact) mass is 359 g/mol. The van der Waals surface area contributed by atoms with Crippen LogP contribution < -0.4 is 4.74 Å². The van der Waals surface area contributed by atoms with Gasteiger partial charge >= 0.3 is 0 Å². The molecule has 1 aromatic rings. The molecule has 1 spiro atoms. The third-order valence-corrected chi connectivity index (χ3v) is 5.84. The lowest BCUT2D eigenvalue weighted by molar-refractivity contribution is -0.139. The molecule has 2 saturated heterocycles. The summed E-state index contributed by atoms with van der Waals surface area (Å²) >= 11 is 0. The molecule has 2 aliphatic heterocycles. The van der Waals surface area contributed by atoms with Gasteiger partial charge in [0.15, 0.2) is 6.61 Å². The summed E-state index contributed by atoms with van der Waals surface area (Å²) < 4.78 is 5.63. The maximum Gasteiger partial charge on any atom is 0.260 e. The van der Waals surface area contributed by atoms with E-state index in [1.54, 1.807) is 0 Å². The van der Waals surface area contributed by atoms with Gasteiger partial charge in [-0.25, -0.2) is 0 Å². The number of likely N-dealkylation sites (tertiary alicyclic amines) is 1. The maximum absolute atomic E-state index is 12.7. The Kier molecular flexibility index (Phi) is 5.81. The molecule has 2 amide bonds. The van der Waals surface area contributed by atoms with Crippen LogP contribution in [0.15, 0.2) is 30.3 Å². The van der Waals surface area contributed by atoms with Crippen molar-refractivity contribution in [3.05, 3.63) is 30.3 Å². The number of ether oxygens (including phenoxy) is 1. The first kappa shape index (κ1) is 18.7. The van der Waals surface area contributed by atoms with Gasteiger partial charge in [0, 0.05) is 44.7 Å². The van der Waals surface area contributed by atoms with E-state index in [2.05, 4.69) is 11.9 Å². The summed E-state index contributed by atoms with van der Waals surface area (Å²) in [7, 11) is 2.12. The highest BCUT2D eigenvalue weighted by Gasteiger charge is 2.43. The van der Waals surface area contributed by atoms with Crippen molar-refractivity contribution in [3.8, 4) is 5.75 Å². The summed E-state index contributed by atoms with van der Waals surface area (Å²) in [6.07, 6.45) is 2.27. The van der Waals surface area contributed by atoms with E-state index in [1.165, 1.54) is 0 Å². The zero-order valence-electron chi connectivity index (χ0n) is 15.8. The second-order valence-electron chi connectivity index (χ2n) is 7.29. The molecule has 6 heteroatoms. The molecule has 0 N–H and O–H groups in total. The second-order valence-corrected chi connectivity index (χ2v) is 7.29. The van der Waals surface area contributed by atoms with Crippen molar-refractivity contribution in [3.63, 3.8) is 0 Å². The van der Waals surface area contributed by atoms with Gasteiger partial charge in [-0.1, -0.05) is 18.2 Å². The fraction of sp³-hybridized carbons (Fsp3) is 0.600. The van der Waals surface area contributed by atoms with E-state index in [4.69, 9.17) is 4.74 Å². The molecule has 2 fully saturated rings. The van der Waals surface area contributed by atoms with Gasteiger partial charge in [0.2, 0.25) is 5.91 Å². The molecule has 1 atom stereocenters. The maximum atomic E-state index is 12.7. The van der Waals surface area contributed by atoms with Gasteiger partial charge < -0.3 is 14.5 Å². The number of amides is 2. The van der Waals surface area contributed by atoms with E-state index in [1.807, 2.05) is 47.1 Å². The number of likely N-dealkylation sites (N-methyl/N-ethyl adjacent to an activating group) is 1. The van der Waals surface area contributed by atoms with Crippen LogP contribution >= 0.6 is 0 Å². The number of rotatable bonds is 4. The highest BCUT2D eigenvalue weighted by molar-refractivity contribution is 5.78. The largest absolute Gasteiger partial charge is 0.484 e. The van der Waals surface area contributed by atoms with E-state index in [0.717, 1.165) is 32.5 Å². The minimum atomic E-state index is -0.111. The van der Waals surface area contributed by atoms with Crippen LogP contribution in [0.25, 0.3) is 0 Å². The number of carbonyl (C=O) groups excluding carboxylic acids is 2. The van der Waals surface area contributed by atoms with Crippen molar-refractivity contribution >= 4 is 11.8 Å². The third kappa shape index (κ3) is 4.01. The zero-order chi connectivity index (χ0) is 18.6. The number of hydrogen-bond acceptors (Lipinski definition) is 4. The molecular formula is C20H29N3O3. The lowest BCUT2D eigenvalue weighted by atomic mass is 9.86. The van der Waals surface area contributed by atoms with Crippen LogP contribution in [0.3, 0.4) is 0 Å². The Labute approximate surface area is 155 Å². The van der Waals surface area contributed by atoms with Crippen molar-refractivity contribution in [1.82, 2.24) is 14.7 Å². The predicted molar refractivity (Wildman–Crippen MR) is 100.0 cm³/mol. The standard InChI is InChI=1S/C20H29N3O3/c1-3-22-12-11-20(10-9-18(22)24)16-23(14-13-21(20)2)19(25)15-26-17-7-5-4-6-8-17/h4-8H,3,9-16H2,1-2H3. The molecule has 0 aliphatic carbocycles. The Hall–Kier alpha value is -2.08. The molecule has 0 saturated carbocycles. The molecule has 0 radical (unpaired) electrons. The number of benzene rings is 1. The van der Waals surface area contributed by atoms with Crippen molar-refractivity contribution in [2.75, 3.05) is 46.4 Å². The Bertz CT molecular complexity index is 636. The van der Waals surface area contributed by atoms with Gasteiger partial charge in [-0.15, -0.1) is 0 Å². The summed E-state index contributed by atoms with van der Waals surface area (Å²) in [4.78, 5) is 31.1. The van der Waals surface area contributed by atoms with Crippen LogP contribution in [-0.2, 0) is 9.59 Å². The lowest BCUT2D eigenvalue weighted by Crippen LogP contribution is -2.62. The first-order valence-corrected chi connectivity index (χ1v) is 9.49. The van der Waals surface area contributed by atoms with Crippen LogP contribution in [0.5, 0.6) is 5.75 Å². The Morgan fingerprint density at radius 1 is 1.15 bits per heavy atom. The van der Waals surface area contributed by atoms with Crippen molar-refractivity contribution in [2.24, 2.45) is 0 Å². The number of piperazine rings is 1. The predicted octanol–water partition coefficient (Wildman–Crippen LogP) is 1.61. The molecular weight excluding hydrogens is 330 g/mol. The molecule has 2 heterocycles. The van der Waals surface area contributed by atoms with E-state index in [-0.39, 0.29) is 24.0 Å². The summed E-state index contributed by atoms with van der Waals surface area (Å²) in [5.74, 6) is 0.959. The summed E-state index contributed by atoms with van der Waals surface area (Å²) in [6.45, 7) is 5.82. The van der Waals surface area contributed by atoms with Crippen LogP contribution in [0.4, 0.5) is 0 Å². The molecule has 0 bridgehead atoms. The molecule has 142 valence electrons. The Morgan fingerprint density at radius 3 is 2.65 bits per heavy atom. The fourth-order valence-electron chi connectivity index (χ4n) is 3.99. The molecule has 6 nitrogen and oxygen atoms in total. The van der Waals surface area contributed by atoms with Gasteiger partial charge in [-0.3, -0.25) is 14.5 Å². The topological polar surface area (TPSA) is 53.1 Å². The summed E-state index contributed by atoms with van der Waals surface area (Å²) in [5, 5.41) is 0. The van der Waals surface area contributed by atoms with E-state index in [0.29, 0.717) is 25.3 Å². The first-order chi connectivity index (χ1) is 12.5. The van der Waals surface area contributed by atoms with E-state index in [9.17, 15) is 9.59 Å². The van der Waals surface area contributed by atoms with Crippen LogP contribution in [0.1, 0.15) is 26.2 Å². The van der Waals surface area contributed by atoms with Crippen LogP contribution in [-0.4, -0.2) is 78.4 Å². The van der Waals surface area contributed by atoms with Gasteiger partial charge in [0.1, 0.15) is 5.75 Å². The molecule has 1 aromatic carbocycles. The SMILES string of the molecule is CCN1CCC2(CCC1=O)CN(C(=O)COc1ccccc1)CCN2C. The van der Waals surface area contributed by atoms with Gasteiger partial charge in [-0.2, -0.15) is 0 Å². The average Bonchev–Trinajstić information content (AvgIpc) is 2.82. The Balaban J connectivity index is 1.63. The number of hydrogen-bond donors (Lipinski definition) is 0. The van der Waals surface area contributed by atoms with Crippen molar-refractivity contribution in [2.45, 2.75) is 31.7 Å². The van der Waals surface area contributed by atoms with E-state index < -0.39 is 0 Å². The minimum Gasteiger partial charge on any atom is -0.484 e. The minimum absolute atomic E-state index is 0.0178. The quantitative estimate of drug-likeness (QED) is 0.820. The molecule has 3 rings (SSSR count). The highest BCUT2D eigenvalue weighted by Crippen LogP contribution is 2.32. The molecule has 0 aromatic heterocycles. The van der Waals surface area contributed by atoms with Gasteiger partial charge in [0.25, 0.3) is 5.91 Å².